The van der Waals surface area contributed by atoms with Gasteiger partial charge in [-0.3, -0.25) is 9.59 Å². The maximum absolute atomic E-state index is 11.8. The number of sulfonamides is 1. The highest BCUT2D eigenvalue weighted by atomic mass is 32.2. The van der Waals surface area contributed by atoms with Crippen molar-refractivity contribution in [2.75, 3.05) is 0 Å². The lowest BCUT2D eigenvalue weighted by Gasteiger charge is -2.14. The topological polar surface area (TPSA) is 127 Å². The zero-order chi connectivity index (χ0) is 13.1. The molecule has 0 aromatic rings. The maximum atomic E-state index is 11.8. The van der Waals surface area contributed by atoms with E-state index in [1.54, 1.807) is 0 Å². The van der Waals surface area contributed by atoms with Gasteiger partial charge < -0.3 is 10.8 Å². The molecule has 94 valence electrons. The highest BCUT2D eigenvalue weighted by Gasteiger charge is 2.47. The summed E-state index contributed by atoms with van der Waals surface area (Å²) < 4.78 is 57.3. The van der Waals surface area contributed by atoms with Gasteiger partial charge in [-0.15, -0.1) is 0 Å². The maximum Gasteiger partial charge on any atom is 0.511 e. The van der Waals surface area contributed by atoms with E-state index in [1.165, 1.54) is 0 Å². The predicted octanol–water partition coefficient (Wildman–Crippen LogP) is -1.25. The second-order valence-corrected chi connectivity index (χ2v) is 4.33. The molecule has 1 atom stereocenters. The molecule has 0 aliphatic carbocycles. The highest BCUT2D eigenvalue weighted by Crippen LogP contribution is 2.22. The molecule has 0 aromatic carbocycles. The highest BCUT2D eigenvalue weighted by molar-refractivity contribution is 7.90. The number of halogens is 3. The molecule has 0 heterocycles. The summed E-state index contributed by atoms with van der Waals surface area (Å²) in [5, 5.41) is 8.35. The van der Waals surface area contributed by atoms with E-state index in [0.29, 0.717) is 0 Å². The second kappa shape index (κ2) is 4.65. The molecule has 0 saturated carbocycles. The Labute approximate surface area is 87.5 Å². The van der Waals surface area contributed by atoms with Crippen molar-refractivity contribution >= 4 is 21.9 Å². The molecule has 7 nitrogen and oxygen atoms in total. The number of carboxylic acids is 1. The van der Waals surface area contributed by atoms with Gasteiger partial charge in [0.2, 0.25) is 5.91 Å². The zero-order valence-electron chi connectivity index (χ0n) is 7.48. The number of aliphatic carboxylic acids is 1. The van der Waals surface area contributed by atoms with Crippen LogP contribution in [0.1, 0.15) is 6.42 Å². The van der Waals surface area contributed by atoms with Crippen molar-refractivity contribution in [2.45, 2.75) is 18.0 Å². The Kier molecular flexibility index (Phi) is 4.26. The van der Waals surface area contributed by atoms with E-state index in [0.717, 1.165) is 4.72 Å². The molecular formula is C5H7F3N2O5S. The minimum Gasteiger partial charge on any atom is -0.480 e. The Morgan fingerprint density at radius 3 is 2.06 bits per heavy atom. The molecule has 16 heavy (non-hydrogen) atoms. The van der Waals surface area contributed by atoms with Crippen LogP contribution in [0.5, 0.6) is 0 Å². The number of carbonyl (C=O) groups excluding carboxylic acids is 1. The van der Waals surface area contributed by atoms with Gasteiger partial charge in [-0.05, 0) is 0 Å². The molecule has 0 unspecified atom stereocenters. The summed E-state index contributed by atoms with van der Waals surface area (Å²) in [4.78, 5) is 20.6. The van der Waals surface area contributed by atoms with Crippen LogP contribution in [-0.4, -0.2) is 37.0 Å². The predicted molar refractivity (Wildman–Crippen MR) is 43.3 cm³/mol. The van der Waals surface area contributed by atoms with E-state index in [4.69, 9.17) is 5.11 Å². The number of nitrogens with two attached hydrogens (primary N) is 1. The molecule has 0 saturated heterocycles. The van der Waals surface area contributed by atoms with Gasteiger partial charge in [0.25, 0.3) is 0 Å². The first-order valence-electron chi connectivity index (χ1n) is 3.57. The number of primary amides is 1. The summed E-state index contributed by atoms with van der Waals surface area (Å²) in [6.45, 7) is 0. The summed E-state index contributed by atoms with van der Waals surface area (Å²) in [7, 11) is -5.83. The average Bonchev–Trinajstić information content (AvgIpc) is 1.98. The Morgan fingerprint density at radius 1 is 1.38 bits per heavy atom. The third-order valence-electron chi connectivity index (χ3n) is 1.31. The van der Waals surface area contributed by atoms with Crippen LogP contribution in [0.3, 0.4) is 0 Å². The number of alkyl halides is 3. The summed E-state index contributed by atoms with van der Waals surface area (Å²) in [6, 6.07) is -2.25. The normalized spacial score (nSPS) is 14.4. The van der Waals surface area contributed by atoms with Crippen LogP contribution in [-0.2, 0) is 19.6 Å². The van der Waals surface area contributed by atoms with Crippen molar-refractivity contribution in [2.24, 2.45) is 5.73 Å². The van der Waals surface area contributed by atoms with E-state index in [-0.39, 0.29) is 0 Å². The lowest BCUT2D eigenvalue weighted by molar-refractivity contribution is -0.140. The summed E-state index contributed by atoms with van der Waals surface area (Å²) in [5.74, 6) is -3.19. The fraction of sp³-hybridized carbons (Fsp3) is 0.600. The first-order valence-corrected chi connectivity index (χ1v) is 5.05. The number of hydrogen-bond donors (Lipinski definition) is 3. The summed E-state index contributed by atoms with van der Waals surface area (Å²) >= 11 is 0. The average molecular weight is 264 g/mol. The third-order valence-corrected chi connectivity index (χ3v) is 2.51. The number of carbonyl (C=O) groups is 2. The van der Waals surface area contributed by atoms with E-state index < -0.39 is 39.9 Å². The van der Waals surface area contributed by atoms with Crippen molar-refractivity contribution in [3.63, 3.8) is 0 Å². The lowest BCUT2D eigenvalue weighted by atomic mass is 10.2. The third kappa shape index (κ3) is 4.02. The van der Waals surface area contributed by atoms with Crippen LogP contribution in [0.25, 0.3) is 0 Å². The lowest BCUT2D eigenvalue weighted by Crippen LogP contribution is -2.47. The molecule has 0 aromatic heterocycles. The fourth-order valence-electron chi connectivity index (χ4n) is 0.635. The number of carboxylic acid groups (broad SMARTS) is 1. The van der Waals surface area contributed by atoms with Gasteiger partial charge in [0.05, 0.1) is 6.42 Å². The van der Waals surface area contributed by atoms with Gasteiger partial charge >= 0.3 is 21.5 Å². The Morgan fingerprint density at radius 2 is 1.81 bits per heavy atom. The van der Waals surface area contributed by atoms with Crippen LogP contribution < -0.4 is 10.5 Å². The molecule has 0 bridgehead atoms. The van der Waals surface area contributed by atoms with Crippen LogP contribution in [0.2, 0.25) is 0 Å². The minimum atomic E-state index is -5.83. The number of amides is 1. The molecule has 0 aliphatic heterocycles. The van der Waals surface area contributed by atoms with Gasteiger partial charge in [0.15, 0.2) is 0 Å². The van der Waals surface area contributed by atoms with Crippen molar-refractivity contribution in [3.8, 4) is 0 Å². The van der Waals surface area contributed by atoms with Crippen LogP contribution in [0, 0.1) is 0 Å². The molecule has 0 fully saturated rings. The largest absolute Gasteiger partial charge is 0.511 e. The molecule has 0 spiro atoms. The monoisotopic (exact) mass is 264 g/mol. The molecule has 11 heteroatoms. The molecule has 4 N–H and O–H groups in total. The van der Waals surface area contributed by atoms with Crippen molar-refractivity contribution < 1.29 is 36.3 Å². The van der Waals surface area contributed by atoms with Crippen LogP contribution >= 0.6 is 0 Å². The van der Waals surface area contributed by atoms with Gasteiger partial charge in [-0.25, -0.2) is 8.42 Å². The van der Waals surface area contributed by atoms with E-state index >= 15 is 0 Å². The molecule has 1 amide bonds. The Hall–Kier alpha value is -1.36. The smallest absolute Gasteiger partial charge is 0.480 e. The van der Waals surface area contributed by atoms with Gasteiger partial charge in [0.1, 0.15) is 6.04 Å². The van der Waals surface area contributed by atoms with Crippen LogP contribution in [0.4, 0.5) is 13.2 Å². The van der Waals surface area contributed by atoms with Crippen molar-refractivity contribution in [1.82, 2.24) is 4.72 Å². The van der Waals surface area contributed by atoms with Gasteiger partial charge in [-0.2, -0.15) is 17.9 Å². The Balaban J connectivity index is 4.91. The van der Waals surface area contributed by atoms with Crippen molar-refractivity contribution in [3.05, 3.63) is 0 Å². The number of nitrogens with one attached hydrogen (secondary N) is 1. The zero-order valence-corrected chi connectivity index (χ0v) is 8.30. The molecule has 0 rings (SSSR count). The van der Waals surface area contributed by atoms with E-state index in [1.807, 2.05) is 0 Å². The molecule has 0 radical (unpaired) electrons. The fourth-order valence-corrected chi connectivity index (χ4v) is 1.33. The minimum absolute atomic E-state index is 0.811. The van der Waals surface area contributed by atoms with E-state index in [2.05, 4.69) is 5.73 Å². The first-order chi connectivity index (χ1) is 6.97. The first kappa shape index (κ1) is 14.6. The van der Waals surface area contributed by atoms with Crippen LogP contribution in [0.15, 0.2) is 0 Å². The summed E-state index contributed by atoms with van der Waals surface area (Å²) in [6.07, 6.45) is -1.08. The number of hydrogen-bond acceptors (Lipinski definition) is 4. The molecule has 0 aliphatic rings. The number of rotatable bonds is 5. The van der Waals surface area contributed by atoms with Gasteiger partial charge in [-0.1, -0.05) is 0 Å². The molecular weight excluding hydrogens is 257 g/mol. The standard InChI is InChI=1S/C5H7F3N2O5S/c6-5(7,8)16(14,15)10-2(4(12)13)1-3(9)11/h2,10H,1H2,(H2,9,11)(H,12,13)/t2-/m0/s1. The Bertz CT molecular complexity index is 389. The van der Waals surface area contributed by atoms with E-state index in [9.17, 15) is 31.2 Å². The second-order valence-electron chi connectivity index (χ2n) is 2.63. The summed E-state index contributed by atoms with van der Waals surface area (Å²) in [5.41, 5.74) is -1.11. The van der Waals surface area contributed by atoms with Crippen molar-refractivity contribution in [1.29, 1.82) is 0 Å². The van der Waals surface area contributed by atoms with Gasteiger partial charge in [0, 0.05) is 0 Å². The SMILES string of the molecule is NC(=O)C[C@H](NS(=O)(=O)C(F)(F)F)C(=O)O. The quantitative estimate of drug-likeness (QED) is 0.572.